The van der Waals surface area contributed by atoms with Gasteiger partial charge in [-0.3, -0.25) is 4.68 Å². The molecule has 1 aromatic carbocycles. The average molecular weight is 405 g/mol. The number of carbonyl (C=O) groups excluding carboxylic acids is 1. The molecule has 3 N–H and O–H groups in total. The summed E-state index contributed by atoms with van der Waals surface area (Å²) >= 11 is 0. The van der Waals surface area contributed by atoms with Gasteiger partial charge in [-0.1, -0.05) is 5.21 Å². The lowest BCUT2D eigenvalue weighted by Crippen LogP contribution is -2.54. The predicted octanol–water partition coefficient (Wildman–Crippen LogP) is 2.09. The van der Waals surface area contributed by atoms with E-state index in [9.17, 15) is 14.3 Å². The van der Waals surface area contributed by atoms with Gasteiger partial charge in [-0.25, -0.2) is 9.18 Å². The van der Waals surface area contributed by atoms with Gasteiger partial charge in [-0.15, -0.1) is 5.10 Å². The number of nitrogens with one attached hydrogen (secondary N) is 2. The molecule has 0 unspecified atom stereocenters. The highest BCUT2D eigenvalue weighted by Crippen LogP contribution is 2.23. The summed E-state index contributed by atoms with van der Waals surface area (Å²) in [4.78, 5) is 11.9. The van der Waals surface area contributed by atoms with Crippen LogP contribution in [0.5, 0.6) is 0 Å². The zero-order valence-electron chi connectivity index (χ0n) is 16.7. The van der Waals surface area contributed by atoms with E-state index >= 15 is 0 Å². The minimum Gasteiger partial charge on any atom is -0.394 e. The molecule has 1 saturated heterocycles. The van der Waals surface area contributed by atoms with E-state index in [1.165, 1.54) is 12.1 Å². The number of ether oxygens (including phenoxy) is 1. The topological polar surface area (TPSA) is 101 Å². The van der Waals surface area contributed by atoms with Crippen molar-refractivity contribution in [3.63, 3.8) is 0 Å². The molecule has 0 radical (unpaired) electrons. The number of rotatable bonds is 7. The van der Waals surface area contributed by atoms with Crippen LogP contribution in [0.3, 0.4) is 0 Å². The summed E-state index contributed by atoms with van der Waals surface area (Å²) in [5, 5.41) is 23.6. The van der Waals surface area contributed by atoms with Crippen molar-refractivity contribution >= 4 is 6.03 Å². The van der Waals surface area contributed by atoms with E-state index in [2.05, 4.69) is 20.9 Å². The zero-order chi connectivity index (χ0) is 20.8. The van der Waals surface area contributed by atoms with Gasteiger partial charge >= 0.3 is 6.03 Å². The van der Waals surface area contributed by atoms with Crippen LogP contribution < -0.4 is 10.6 Å². The minimum atomic E-state index is -0.433. The quantitative estimate of drug-likeness (QED) is 0.655. The van der Waals surface area contributed by atoms with Crippen LogP contribution in [0.25, 0.3) is 11.3 Å². The number of hydrogen-bond donors (Lipinski definition) is 3. The number of aromatic nitrogens is 3. The number of urea groups is 1. The first kappa shape index (κ1) is 21.2. The summed E-state index contributed by atoms with van der Waals surface area (Å²) in [6.07, 6.45) is 3.59. The van der Waals surface area contributed by atoms with Gasteiger partial charge in [0.1, 0.15) is 17.6 Å². The third kappa shape index (κ3) is 5.98. The lowest BCUT2D eigenvalue weighted by atomic mass is 9.97. The van der Waals surface area contributed by atoms with Crippen molar-refractivity contribution in [1.29, 1.82) is 0 Å². The Kier molecular flexibility index (Phi) is 7.16. The maximum atomic E-state index is 13.0. The Balaban J connectivity index is 1.49. The van der Waals surface area contributed by atoms with Gasteiger partial charge in [0.05, 0.1) is 24.9 Å². The van der Waals surface area contributed by atoms with Gasteiger partial charge in [0.15, 0.2) is 0 Å². The molecule has 1 aliphatic heterocycles. The highest BCUT2D eigenvalue weighted by molar-refractivity contribution is 5.74. The van der Waals surface area contributed by atoms with Crippen LogP contribution >= 0.6 is 0 Å². The molecule has 1 aromatic heterocycles. The molecule has 3 rings (SSSR count). The molecule has 1 aliphatic rings. The number of halogens is 1. The van der Waals surface area contributed by atoms with E-state index < -0.39 is 6.10 Å². The molecule has 1 fully saturated rings. The highest BCUT2D eigenvalue weighted by Gasteiger charge is 2.31. The number of amides is 2. The Morgan fingerprint density at radius 1 is 1.34 bits per heavy atom. The molecule has 0 aliphatic carbocycles. The predicted molar refractivity (Wildman–Crippen MR) is 106 cm³/mol. The standard InChI is InChI=1S/C20H28FN5O3/c1-13(2)22-20(28)23-17-8-7-16(29-19(17)12-27)9-10-26-11-18(24-25-26)14-3-5-15(21)6-4-14/h3-6,11,13,16-17,19,27H,7-10,12H2,1-2H3,(H2,22,23,28)/t16-,17-,19+/m1/s1. The summed E-state index contributed by atoms with van der Waals surface area (Å²) in [6.45, 7) is 4.24. The van der Waals surface area contributed by atoms with Crippen molar-refractivity contribution in [2.45, 2.75) is 63.9 Å². The van der Waals surface area contributed by atoms with Crippen LogP contribution in [-0.4, -0.2) is 57.0 Å². The van der Waals surface area contributed by atoms with Crippen molar-refractivity contribution in [2.24, 2.45) is 0 Å². The first-order valence-electron chi connectivity index (χ1n) is 9.94. The van der Waals surface area contributed by atoms with E-state index in [1.807, 2.05) is 20.0 Å². The SMILES string of the molecule is CC(C)NC(=O)N[C@@H]1CC[C@H](CCn2cc(-c3ccc(F)cc3)nn2)O[C@H]1CO. The van der Waals surface area contributed by atoms with Crippen LogP contribution in [0.15, 0.2) is 30.5 Å². The largest absolute Gasteiger partial charge is 0.394 e. The van der Waals surface area contributed by atoms with E-state index in [0.29, 0.717) is 18.7 Å². The summed E-state index contributed by atoms with van der Waals surface area (Å²) in [7, 11) is 0. The Labute approximate surface area is 169 Å². The van der Waals surface area contributed by atoms with E-state index in [0.717, 1.165) is 18.4 Å². The molecule has 29 heavy (non-hydrogen) atoms. The van der Waals surface area contributed by atoms with Crippen LogP contribution in [-0.2, 0) is 11.3 Å². The molecule has 8 nitrogen and oxygen atoms in total. The molecule has 0 saturated carbocycles. The lowest BCUT2D eigenvalue weighted by Gasteiger charge is -2.36. The van der Waals surface area contributed by atoms with E-state index in [1.54, 1.807) is 16.8 Å². The summed E-state index contributed by atoms with van der Waals surface area (Å²) < 4.78 is 20.8. The van der Waals surface area contributed by atoms with Crippen LogP contribution in [0.1, 0.15) is 33.1 Å². The maximum absolute atomic E-state index is 13.0. The summed E-state index contributed by atoms with van der Waals surface area (Å²) in [6, 6.07) is 5.70. The van der Waals surface area contributed by atoms with Gasteiger partial charge in [-0.2, -0.15) is 0 Å². The minimum absolute atomic E-state index is 0.0307. The third-order valence-electron chi connectivity index (χ3n) is 4.89. The Morgan fingerprint density at radius 2 is 2.10 bits per heavy atom. The molecular formula is C20H28FN5O3. The molecule has 3 atom stereocenters. The van der Waals surface area contributed by atoms with E-state index in [-0.39, 0.29) is 36.6 Å². The average Bonchev–Trinajstić information content (AvgIpc) is 3.16. The maximum Gasteiger partial charge on any atom is 0.315 e. The van der Waals surface area contributed by atoms with Gasteiger partial charge in [0.25, 0.3) is 0 Å². The molecule has 0 bridgehead atoms. The Bertz CT molecular complexity index is 796. The van der Waals surface area contributed by atoms with Crippen LogP contribution in [0.2, 0.25) is 0 Å². The molecule has 158 valence electrons. The normalized spacial score (nSPS) is 21.9. The number of benzene rings is 1. The lowest BCUT2D eigenvalue weighted by molar-refractivity contribution is -0.0908. The van der Waals surface area contributed by atoms with Crippen LogP contribution in [0, 0.1) is 5.82 Å². The highest BCUT2D eigenvalue weighted by atomic mass is 19.1. The summed E-state index contributed by atoms with van der Waals surface area (Å²) in [5.41, 5.74) is 1.49. The summed E-state index contributed by atoms with van der Waals surface area (Å²) in [5.74, 6) is -0.288. The van der Waals surface area contributed by atoms with Crippen molar-refractivity contribution in [2.75, 3.05) is 6.61 Å². The monoisotopic (exact) mass is 405 g/mol. The van der Waals surface area contributed by atoms with Crippen LogP contribution in [0.4, 0.5) is 9.18 Å². The number of aliphatic hydroxyl groups is 1. The molecule has 2 amide bonds. The number of aryl methyl sites for hydroxylation is 1. The van der Waals surface area contributed by atoms with Crippen molar-refractivity contribution < 1.29 is 19.0 Å². The second kappa shape index (κ2) is 9.80. The molecule has 2 aromatic rings. The first-order chi connectivity index (χ1) is 13.9. The fraction of sp³-hybridized carbons (Fsp3) is 0.550. The van der Waals surface area contributed by atoms with Crippen molar-refractivity contribution in [3.8, 4) is 11.3 Å². The number of hydrogen-bond acceptors (Lipinski definition) is 5. The third-order valence-corrected chi connectivity index (χ3v) is 4.89. The van der Waals surface area contributed by atoms with Gasteiger partial charge in [0, 0.05) is 18.2 Å². The first-order valence-corrected chi connectivity index (χ1v) is 9.94. The van der Waals surface area contributed by atoms with Gasteiger partial charge < -0.3 is 20.5 Å². The molecule has 2 heterocycles. The number of aliphatic hydroxyl groups excluding tert-OH is 1. The second-order valence-corrected chi connectivity index (χ2v) is 7.60. The smallest absolute Gasteiger partial charge is 0.315 e. The Hall–Kier alpha value is -2.52. The zero-order valence-corrected chi connectivity index (χ0v) is 16.7. The molecular weight excluding hydrogens is 377 g/mol. The van der Waals surface area contributed by atoms with Crippen molar-refractivity contribution in [3.05, 3.63) is 36.3 Å². The van der Waals surface area contributed by atoms with Gasteiger partial charge in [-0.05, 0) is 57.4 Å². The molecule has 0 spiro atoms. The van der Waals surface area contributed by atoms with E-state index in [4.69, 9.17) is 4.74 Å². The Morgan fingerprint density at radius 3 is 2.79 bits per heavy atom. The second-order valence-electron chi connectivity index (χ2n) is 7.60. The van der Waals surface area contributed by atoms with Gasteiger partial charge in [0.2, 0.25) is 0 Å². The number of nitrogens with zero attached hydrogens (tertiary/aromatic N) is 3. The fourth-order valence-electron chi connectivity index (χ4n) is 3.42. The fourth-order valence-corrected chi connectivity index (χ4v) is 3.42. The molecule has 9 heteroatoms. The number of carbonyl (C=O) groups is 1. The van der Waals surface area contributed by atoms with Crippen molar-refractivity contribution in [1.82, 2.24) is 25.6 Å².